The lowest BCUT2D eigenvalue weighted by Gasteiger charge is -2.24. The minimum absolute atomic E-state index is 0.0700. The van der Waals surface area contributed by atoms with Crippen LogP contribution in [0.15, 0.2) is 35.1 Å². The monoisotopic (exact) mass is 312 g/mol. The fourth-order valence-corrected chi connectivity index (χ4v) is 3.94. The number of rotatable bonds is 3. The Kier molecular flexibility index (Phi) is 4.04. The Labute approximate surface area is 136 Å². The van der Waals surface area contributed by atoms with Crippen LogP contribution < -0.4 is 5.69 Å². The molecule has 0 saturated carbocycles. The highest BCUT2D eigenvalue weighted by Gasteiger charge is 2.27. The van der Waals surface area contributed by atoms with E-state index in [1.54, 1.807) is 4.68 Å². The molecule has 2 aliphatic heterocycles. The highest BCUT2D eigenvalue weighted by atomic mass is 16.2. The largest absolute Gasteiger partial charge is 0.347 e. The first kappa shape index (κ1) is 14.7. The van der Waals surface area contributed by atoms with Crippen molar-refractivity contribution in [3.8, 4) is 0 Å². The van der Waals surface area contributed by atoms with Crippen molar-refractivity contribution < 1.29 is 0 Å². The maximum absolute atomic E-state index is 12.6. The van der Waals surface area contributed by atoms with E-state index < -0.39 is 0 Å². The Morgan fingerprint density at radius 3 is 2.78 bits per heavy atom. The summed E-state index contributed by atoms with van der Waals surface area (Å²) < 4.78 is 3.57. The Hall–Kier alpha value is -1.88. The summed E-state index contributed by atoms with van der Waals surface area (Å²) in [5.74, 6) is 0.975. The van der Waals surface area contributed by atoms with Crippen LogP contribution in [0.4, 0.5) is 0 Å². The van der Waals surface area contributed by atoms with E-state index >= 15 is 0 Å². The molecule has 1 unspecified atom stereocenters. The van der Waals surface area contributed by atoms with Crippen molar-refractivity contribution in [3.05, 3.63) is 52.2 Å². The van der Waals surface area contributed by atoms with E-state index in [9.17, 15) is 4.79 Å². The molecular weight excluding hydrogens is 288 g/mol. The van der Waals surface area contributed by atoms with Crippen LogP contribution in [0.3, 0.4) is 0 Å². The van der Waals surface area contributed by atoms with Crippen molar-refractivity contribution >= 4 is 0 Å². The molecule has 0 N–H and O–H groups in total. The summed E-state index contributed by atoms with van der Waals surface area (Å²) in [6.07, 6.45) is 6.71. The minimum Gasteiger partial charge on any atom is -0.279 e. The fourth-order valence-electron chi connectivity index (χ4n) is 3.94. The number of aryl methyl sites for hydroxylation is 1. The number of hydrogen-bond donors (Lipinski definition) is 0. The fraction of sp³-hybridized carbons (Fsp3) is 0.556. The average molecular weight is 312 g/mol. The van der Waals surface area contributed by atoms with E-state index in [1.807, 2.05) is 4.57 Å². The van der Waals surface area contributed by atoms with Gasteiger partial charge >= 0.3 is 5.69 Å². The molecule has 23 heavy (non-hydrogen) atoms. The standard InChI is InChI=1S/C18H24N4O/c23-18-21-13-6-2-5-11-17(21)19-22(18)14-20-12-7-10-16(20)15-8-3-1-4-9-15/h1,3-4,8-9,16H,2,5-7,10-14H2. The lowest BCUT2D eigenvalue weighted by atomic mass is 10.1. The van der Waals surface area contributed by atoms with E-state index in [0.717, 1.165) is 44.6 Å². The second-order valence-electron chi connectivity index (χ2n) is 6.68. The van der Waals surface area contributed by atoms with E-state index in [-0.39, 0.29) is 5.69 Å². The van der Waals surface area contributed by atoms with Crippen LogP contribution in [-0.4, -0.2) is 25.8 Å². The quantitative estimate of drug-likeness (QED) is 0.875. The molecular formula is C18H24N4O. The van der Waals surface area contributed by atoms with Gasteiger partial charge in [-0.15, -0.1) is 0 Å². The highest BCUT2D eigenvalue weighted by Crippen LogP contribution is 2.31. The summed E-state index contributed by atoms with van der Waals surface area (Å²) in [6, 6.07) is 11.0. The number of hydrogen-bond acceptors (Lipinski definition) is 3. The summed E-state index contributed by atoms with van der Waals surface area (Å²) in [4.78, 5) is 15.0. The van der Waals surface area contributed by atoms with E-state index in [0.29, 0.717) is 12.7 Å². The molecule has 0 radical (unpaired) electrons. The second kappa shape index (κ2) is 6.32. The first-order chi connectivity index (χ1) is 11.3. The van der Waals surface area contributed by atoms with Crippen molar-refractivity contribution in [3.63, 3.8) is 0 Å². The van der Waals surface area contributed by atoms with Crippen LogP contribution in [0.1, 0.15) is 49.5 Å². The van der Waals surface area contributed by atoms with Gasteiger partial charge in [0, 0.05) is 25.6 Å². The molecule has 4 rings (SSSR count). The van der Waals surface area contributed by atoms with Crippen LogP contribution in [0, 0.1) is 0 Å². The van der Waals surface area contributed by atoms with Gasteiger partial charge in [-0.1, -0.05) is 36.8 Å². The summed E-state index contributed by atoms with van der Waals surface area (Å²) in [5, 5.41) is 4.63. The van der Waals surface area contributed by atoms with Crippen LogP contribution in [-0.2, 0) is 19.6 Å². The summed E-state index contributed by atoms with van der Waals surface area (Å²) in [5.41, 5.74) is 1.42. The number of aromatic nitrogens is 3. The SMILES string of the molecule is O=c1n(CN2CCCC2c2ccccc2)nc2n1CCCCC2. The smallest absolute Gasteiger partial charge is 0.279 e. The van der Waals surface area contributed by atoms with E-state index in [4.69, 9.17) is 0 Å². The molecule has 2 aromatic rings. The predicted molar refractivity (Wildman–Crippen MR) is 89.2 cm³/mol. The molecule has 122 valence electrons. The van der Waals surface area contributed by atoms with Crippen molar-refractivity contribution in [2.24, 2.45) is 0 Å². The third-order valence-corrected chi connectivity index (χ3v) is 5.15. The van der Waals surface area contributed by atoms with Crippen molar-refractivity contribution in [2.75, 3.05) is 6.54 Å². The first-order valence-electron chi connectivity index (χ1n) is 8.78. The number of nitrogens with zero attached hydrogens (tertiary/aromatic N) is 4. The second-order valence-corrected chi connectivity index (χ2v) is 6.68. The minimum atomic E-state index is 0.0700. The van der Waals surface area contributed by atoms with Gasteiger partial charge < -0.3 is 0 Å². The highest BCUT2D eigenvalue weighted by molar-refractivity contribution is 5.19. The third-order valence-electron chi connectivity index (χ3n) is 5.15. The molecule has 1 aromatic heterocycles. The van der Waals surface area contributed by atoms with Gasteiger partial charge in [-0.2, -0.15) is 9.78 Å². The van der Waals surface area contributed by atoms with Gasteiger partial charge in [0.1, 0.15) is 5.82 Å². The maximum atomic E-state index is 12.6. The van der Waals surface area contributed by atoms with Crippen LogP contribution in [0.2, 0.25) is 0 Å². The first-order valence-corrected chi connectivity index (χ1v) is 8.78. The van der Waals surface area contributed by atoms with Gasteiger partial charge in [0.15, 0.2) is 0 Å². The van der Waals surface area contributed by atoms with Gasteiger partial charge in [-0.3, -0.25) is 9.47 Å². The molecule has 1 fully saturated rings. The zero-order valence-electron chi connectivity index (χ0n) is 13.5. The molecule has 0 bridgehead atoms. The molecule has 0 amide bonds. The lowest BCUT2D eigenvalue weighted by Crippen LogP contribution is -2.33. The zero-order valence-corrected chi connectivity index (χ0v) is 13.5. The number of benzene rings is 1. The van der Waals surface area contributed by atoms with Gasteiger partial charge in [-0.05, 0) is 31.2 Å². The Morgan fingerprint density at radius 1 is 1.04 bits per heavy atom. The summed E-state index contributed by atoms with van der Waals surface area (Å²) in [7, 11) is 0. The topological polar surface area (TPSA) is 43.1 Å². The molecule has 5 nitrogen and oxygen atoms in total. The molecule has 2 aliphatic rings. The predicted octanol–water partition coefficient (Wildman–Crippen LogP) is 2.57. The van der Waals surface area contributed by atoms with Crippen molar-refractivity contribution in [2.45, 2.75) is 57.8 Å². The maximum Gasteiger partial charge on any atom is 0.347 e. The average Bonchev–Trinajstić information content (AvgIpc) is 3.06. The van der Waals surface area contributed by atoms with Crippen molar-refractivity contribution in [1.82, 2.24) is 19.2 Å². The van der Waals surface area contributed by atoms with Gasteiger partial charge in [0.2, 0.25) is 0 Å². The van der Waals surface area contributed by atoms with Crippen LogP contribution in [0.5, 0.6) is 0 Å². The molecule has 3 heterocycles. The van der Waals surface area contributed by atoms with E-state index in [1.165, 1.54) is 18.4 Å². The van der Waals surface area contributed by atoms with Crippen LogP contribution in [0.25, 0.3) is 0 Å². The molecule has 1 atom stereocenters. The van der Waals surface area contributed by atoms with E-state index in [2.05, 4.69) is 40.3 Å². The van der Waals surface area contributed by atoms with Gasteiger partial charge in [0.25, 0.3) is 0 Å². The molecule has 0 spiro atoms. The van der Waals surface area contributed by atoms with Crippen molar-refractivity contribution in [1.29, 1.82) is 0 Å². The molecule has 5 heteroatoms. The summed E-state index contributed by atoms with van der Waals surface area (Å²) >= 11 is 0. The molecule has 1 aromatic carbocycles. The zero-order chi connectivity index (χ0) is 15.6. The van der Waals surface area contributed by atoms with Crippen LogP contribution >= 0.6 is 0 Å². The lowest BCUT2D eigenvalue weighted by molar-refractivity contribution is 0.187. The number of fused-ring (bicyclic) bond motifs is 1. The molecule has 0 aliphatic carbocycles. The third kappa shape index (κ3) is 2.85. The summed E-state index contributed by atoms with van der Waals surface area (Å²) in [6.45, 7) is 2.48. The Balaban J connectivity index is 1.57. The number of likely N-dealkylation sites (tertiary alicyclic amines) is 1. The molecule has 1 saturated heterocycles. The van der Waals surface area contributed by atoms with Gasteiger partial charge in [-0.25, -0.2) is 4.79 Å². The van der Waals surface area contributed by atoms with Gasteiger partial charge in [0.05, 0.1) is 6.67 Å². The normalized spacial score (nSPS) is 22.0. The Bertz CT molecular complexity index is 718. The Morgan fingerprint density at radius 2 is 1.91 bits per heavy atom.